The van der Waals surface area contributed by atoms with Gasteiger partial charge in [0.25, 0.3) is 0 Å². The molecule has 0 aromatic rings. The number of aliphatic hydroxyl groups is 1. The minimum absolute atomic E-state index is 0.0651. The van der Waals surface area contributed by atoms with Crippen molar-refractivity contribution in [3.8, 4) is 0 Å². The van der Waals surface area contributed by atoms with Gasteiger partial charge in [0.1, 0.15) is 12.1 Å². The third kappa shape index (κ3) is 15.6. The molecule has 39 heavy (non-hydrogen) atoms. The van der Waals surface area contributed by atoms with Gasteiger partial charge in [-0.05, 0) is 39.0 Å². The van der Waals surface area contributed by atoms with Crippen LogP contribution in [0, 0.1) is 0 Å². The fourth-order valence-electron chi connectivity index (χ4n) is 3.15. The highest BCUT2D eigenvalue weighted by atomic mass is 16.4. The Morgan fingerprint density at radius 3 is 1.67 bits per heavy atom. The van der Waals surface area contributed by atoms with Crippen LogP contribution in [0.15, 0.2) is 9.98 Å². The number of amides is 3. The molecule has 16 N–H and O–H groups in total. The molecule has 0 aliphatic carbocycles. The first kappa shape index (κ1) is 34.8. The molecule has 0 heterocycles. The number of aliphatic imine (C=N–C) groups is 2. The molecule has 18 heteroatoms. The zero-order valence-corrected chi connectivity index (χ0v) is 21.7. The first-order chi connectivity index (χ1) is 18.1. The van der Waals surface area contributed by atoms with E-state index in [1.165, 1.54) is 0 Å². The van der Waals surface area contributed by atoms with Crippen LogP contribution in [0.3, 0.4) is 0 Å². The van der Waals surface area contributed by atoms with Crippen molar-refractivity contribution in [3.05, 3.63) is 0 Å². The molecule has 0 fully saturated rings. The number of rotatable bonds is 19. The molecule has 0 aromatic carbocycles. The van der Waals surface area contributed by atoms with E-state index < -0.39 is 66.4 Å². The predicted octanol–water partition coefficient (Wildman–Crippen LogP) is -4.79. The lowest BCUT2D eigenvalue weighted by Gasteiger charge is -2.25. The van der Waals surface area contributed by atoms with Crippen molar-refractivity contribution in [2.75, 3.05) is 13.1 Å². The quantitative estimate of drug-likeness (QED) is 0.0401. The van der Waals surface area contributed by atoms with Crippen LogP contribution in [0.1, 0.15) is 45.4 Å². The lowest BCUT2D eigenvalue weighted by Crippen LogP contribution is -2.58. The predicted molar refractivity (Wildman–Crippen MR) is 140 cm³/mol. The van der Waals surface area contributed by atoms with Crippen molar-refractivity contribution in [3.63, 3.8) is 0 Å². The average Bonchev–Trinajstić information content (AvgIpc) is 2.83. The molecule has 0 spiro atoms. The van der Waals surface area contributed by atoms with Crippen LogP contribution < -0.4 is 44.6 Å². The second-order valence-corrected chi connectivity index (χ2v) is 8.62. The summed E-state index contributed by atoms with van der Waals surface area (Å²) >= 11 is 0. The van der Waals surface area contributed by atoms with Crippen molar-refractivity contribution >= 4 is 41.6 Å². The smallest absolute Gasteiger partial charge is 0.328 e. The molecule has 0 aliphatic heterocycles. The van der Waals surface area contributed by atoms with Crippen LogP contribution in [0.5, 0.6) is 0 Å². The summed E-state index contributed by atoms with van der Waals surface area (Å²) in [5.41, 5.74) is 26.9. The molecule has 18 nitrogen and oxygen atoms in total. The van der Waals surface area contributed by atoms with Crippen molar-refractivity contribution in [2.24, 2.45) is 38.7 Å². The highest BCUT2D eigenvalue weighted by molar-refractivity contribution is 5.94. The number of aliphatic hydroxyl groups excluding tert-OH is 1. The zero-order valence-electron chi connectivity index (χ0n) is 21.7. The van der Waals surface area contributed by atoms with E-state index in [4.69, 9.17) is 33.8 Å². The minimum atomic E-state index is -1.67. The van der Waals surface area contributed by atoms with Crippen molar-refractivity contribution in [2.45, 2.75) is 75.7 Å². The first-order valence-electron chi connectivity index (χ1n) is 12.1. The van der Waals surface area contributed by atoms with Crippen molar-refractivity contribution < 1.29 is 39.3 Å². The zero-order chi connectivity index (χ0) is 30.1. The maximum absolute atomic E-state index is 13.0. The Labute approximate surface area is 224 Å². The van der Waals surface area contributed by atoms with E-state index in [0.29, 0.717) is 6.42 Å². The van der Waals surface area contributed by atoms with Gasteiger partial charge in [-0.15, -0.1) is 0 Å². The van der Waals surface area contributed by atoms with Gasteiger partial charge < -0.3 is 59.9 Å². The SMILES string of the molecule is CC(O)C(NC(=O)C(CCCN=C(N)N)NC(=O)C(CCC(=O)O)NC(=O)C(N)CCCN=C(N)N)C(=O)O. The maximum Gasteiger partial charge on any atom is 0.328 e. The Morgan fingerprint density at radius 1 is 0.744 bits per heavy atom. The van der Waals surface area contributed by atoms with Crippen LogP contribution in [0.2, 0.25) is 0 Å². The van der Waals surface area contributed by atoms with E-state index in [1.54, 1.807) is 0 Å². The molecular weight excluding hydrogens is 520 g/mol. The summed E-state index contributed by atoms with van der Waals surface area (Å²) in [6.45, 7) is 1.45. The highest BCUT2D eigenvalue weighted by Crippen LogP contribution is 2.06. The monoisotopic (exact) mass is 560 g/mol. The lowest BCUT2D eigenvalue weighted by atomic mass is 10.1. The number of hydrogen-bond acceptors (Lipinski definition) is 9. The Morgan fingerprint density at radius 2 is 1.21 bits per heavy atom. The largest absolute Gasteiger partial charge is 0.481 e. The molecule has 0 rings (SSSR count). The number of aliphatic carboxylic acids is 2. The van der Waals surface area contributed by atoms with Gasteiger partial charge in [0.2, 0.25) is 17.7 Å². The van der Waals surface area contributed by atoms with Crippen LogP contribution in [-0.2, 0) is 24.0 Å². The second kappa shape index (κ2) is 18.1. The Kier molecular flexibility index (Phi) is 16.2. The number of carbonyl (C=O) groups is 5. The summed E-state index contributed by atoms with van der Waals surface area (Å²) in [5.74, 6) is -5.69. The van der Waals surface area contributed by atoms with Crippen LogP contribution in [-0.4, -0.2) is 100 Å². The number of nitrogens with zero attached hydrogens (tertiary/aromatic N) is 2. The molecule has 0 aliphatic rings. The lowest BCUT2D eigenvalue weighted by molar-refractivity contribution is -0.145. The van der Waals surface area contributed by atoms with Gasteiger partial charge in [0.15, 0.2) is 18.0 Å². The first-order valence-corrected chi connectivity index (χ1v) is 12.1. The fourth-order valence-corrected chi connectivity index (χ4v) is 3.15. The summed E-state index contributed by atoms with van der Waals surface area (Å²) in [5, 5.41) is 34.9. The van der Waals surface area contributed by atoms with Crippen molar-refractivity contribution in [1.82, 2.24) is 16.0 Å². The number of nitrogens with two attached hydrogens (primary N) is 5. The highest BCUT2D eigenvalue weighted by Gasteiger charge is 2.31. The third-order valence-corrected chi connectivity index (χ3v) is 5.21. The minimum Gasteiger partial charge on any atom is -0.481 e. The number of carboxylic acid groups (broad SMARTS) is 2. The van der Waals surface area contributed by atoms with E-state index >= 15 is 0 Å². The fraction of sp³-hybridized carbons (Fsp3) is 0.667. The molecule has 0 aromatic heterocycles. The Balaban J connectivity index is 5.62. The van der Waals surface area contributed by atoms with E-state index in [-0.39, 0.29) is 50.7 Å². The molecule has 222 valence electrons. The van der Waals surface area contributed by atoms with Crippen LogP contribution in [0.25, 0.3) is 0 Å². The molecule has 5 atom stereocenters. The van der Waals surface area contributed by atoms with Gasteiger partial charge in [0, 0.05) is 19.5 Å². The second-order valence-electron chi connectivity index (χ2n) is 8.62. The Hall–Kier alpha value is -4.19. The number of carbonyl (C=O) groups excluding carboxylic acids is 3. The molecule has 0 bridgehead atoms. The molecule has 3 amide bonds. The summed E-state index contributed by atoms with van der Waals surface area (Å²) in [7, 11) is 0. The van der Waals surface area contributed by atoms with Crippen molar-refractivity contribution in [1.29, 1.82) is 0 Å². The van der Waals surface area contributed by atoms with Gasteiger partial charge in [-0.2, -0.15) is 0 Å². The number of nitrogens with one attached hydrogen (secondary N) is 3. The number of carboxylic acids is 2. The number of hydrogen-bond donors (Lipinski definition) is 11. The van der Waals surface area contributed by atoms with E-state index in [9.17, 15) is 34.2 Å². The van der Waals surface area contributed by atoms with Gasteiger partial charge in [-0.1, -0.05) is 0 Å². The summed E-state index contributed by atoms with van der Waals surface area (Å²) in [6, 6.07) is -5.48. The summed E-state index contributed by atoms with van der Waals surface area (Å²) in [6.07, 6.45) is -1.67. The topological polar surface area (TPSA) is 337 Å². The average molecular weight is 561 g/mol. The molecular formula is C21H40N10O8. The van der Waals surface area contributed by atoms with Crippen LogP contribution >= 0.6 is 0 Å². The molecule has 0 radical (unpaired) electrons. The molecule has 0 saturated carbocycles. The maximum atomic E-state index is 13.0. The van der Waals surface area contributed by atoms with Crippen LogP contribution in [0.4, 0.5) is 0 Å². The summed E-state index contributed by atoms with van der Waals surface area (Å²) < 4.78 is 0. The molecule has 5 unspecified atom stereocenters. The van der Waals surface area contributed by atoms with Gasteiger partial charge in [-0.3, -0.25) is 29.2 Å². The van der Waals surface area contributed by atoms with Gasteiger partial charge >= 0.3 is 11.9 Å². The standard InChI is InChI=1S/C21H40N10O8/c1-10(32)15(19(38)39)31-18(37)12(5-3-9-28-21(25)26)30-17(36)13(6-7-14(33)34)29-16(35)11(22)4-2-8-27-20(23)24/h10-13,15,32H,2-9,22H2,1H3,(H,29,35)(H,30,36)(H,31,37)(H,33,34)(H,38,39)(H4,23,24,27)(H4,25,26,28). The third-order valence-electron chi connectivity index (χ3n) is 5.21. The van der Waals surface area contributed by atoms with Gasteiger partial charge in [-0.25, -0.2) is 4.79 Å². The van der Waals surface area contributed by atoms with E-state index in [1.807, 2.05) is 0 Å². The van der Waals surface area contributed by atoms with Gasteiger partial charge in [0.05, 0.1) is 12.1 Å². The summed E-state index contributed by atoms with van der Waals surface area (Å²) in [4.78, 5) is 68.5. The normalized spacial score (nSPS) is 14.4. The van der Waals surface area contributed by atoms with E-state index in [2.05, 4.69) is 25.9 Å². The number of guanidine groups is 2. The van der Waals surface area contributed by atoms with E-state index in [0.717, 1.165) is 6.92 Å². The molecule has 0 saturated heterocycles. The Bertz CT molecular complexity index is 903.